The van der Waals surface area contributed by atoms with Crippen molar-refractivity contribution in [3.8, 4) is 0 Å². The zero-order valence-corrected chi connectivity index (χ0v) is 33.3. The van der Waals surface area contributed by atoms with Crippen LogP contribution >= 0.6 is 17.2 Å². The van der Waals surface area contributed by atoms with Crippen molar-refractivity contribution in [1.82, 2.24) is 0 Å². The van der Waals surface area contributed by atoms with Gasteiger partial charge < -0.3 is 27.9 Å². The Morgan fingerprint density at radius 1 is 0.415 bits per heavy atom. The summed E-state index contributed by atoms with van der Waals surface area (Å²) in [6, 6.07) is 0. The number of unbranched alkanes of at least 4 members (excludes halogenated alkanes) is 4. The van der Waals surface area contributed by atoms with Gasteiger partial charge in [-0.3, -0.25) is 0 Å². The third-order valence-corrected chi connectivity index (χ3v) is 9.28. The van der Waals surface area contributed by atoms with E-state index in [9.17, 15) is 9.79 Å². The molecule has 0 aromatic heterocycles. The largest absolute Gasteiger partial charge is 2.00 e. The van der Waals surface area contributed by atoms with Crippen molar-refractivity contribution in [1.29, 1.82) is 0 Å². The van der Waals surface area contributed by atoms with Crippen LogP contribution in [0.15, 0.2) is 0 Å². The predicted molar refractivity (Wildman–Crippen MR) is 171 cm³/mol. The Bertz CT molecular complexity index is 413. The number of hydrogen-bond acceptors (Lipinski definition) is 6. The molecule has 0 aromatic carbocycles. The van der Waals surface area contributed by atoms with Crippen LogP contribution < -0.4 is 9.79 Å². The van der Waals surface area contributed by atoms with Crippen LogP contribution in [-0.2, 0) is 37.6 Å². The molecule has 0 aliphatic heterocycles. The van der Waals surface area contributed by atoms with Crippen molar-refractivity contribution in [2.45, 2.75) is 158 Å². The maximum atomic E-state index is 11.7. The Morgan fingerprint density at radius 3 is 0.756 bits per heavy atom. The average molecular weight is 676 g/mol. The van der Waals surface area contributed by atoms with E-state index < -0.39 is 17.2 Å². The van der Waals surface area contributed by atoms with Crippen LogP contribution in [-0.4, -0.2) is 26.4 Å². The van der Waals surface area contributed by atoms with Gasteiger partial charge in [0, 0.05) is 0 Å². The second kappa shape index (κ2) is 35.7. The van der Waals surface area contributed by atoms with E-state index in [1.54, 1.807) is 0 Å². The fourth-order valence-electron chi connectivity index (χ4n) is 4.33. The van der Waals surface area contributed by atoms with E-state index >= 15 is 0 Å². The SMILES string of the molecule is CCCCC(CC)COP([O-])OCC(CC)CCCC.CCCCC(CC)COP([O-])OCC(CC)CCCC.[Zn+2]. The van der Waals surface area contributed by atoms with Crippen LogP contribution in [0.2, 0.25) is 0 Å². The Kier molecular flexibility index (Phi) is 40.6. The molecule has 0 rings (SSSR count). The van der Waals surface area contributed by atoms with Crippen LogP contribution in [0.5, 0.6) is 0 Å². The summed E-state index contributed by atoms with van der Waals surface area (Å²) in [6.45, 7) is 19.7. The monoisotopic (exact) mass is 674 g/mol. The zero-order chi connectivity index (χ0) is 30.4. The summed E-state index contributed by atoms with van der Waals surface area (Å²) in [7, 11) is -3.87. The van der Waals surface area contributed by atoms with Crippen molar-refractivity contribution in [3.05, 3.63) is 0 Å². The molecule has 0 aliphatic rings. The van der Waals surface area contributed by atoms with Crippen molar-refractivity contribution >= 4 is 17.2 Å². The topological polar surface area (TPSA) is 83.0 Å². The van der Waals surface area contributed by atoms with Gasteiger partial charge in [0.1, 0.15) is 0 Å². The summed E-state index contributed by atoms with van der Waals surface area (Å²) in [5, 5.41) is 0. The third-order valence-electron chi connectivity index (χ3n) is 7.84. The maximum Gasteiger partial charge on any atom is 2.00 e. The van der Waals surface area contributed by atoms with Crippen LogP contribution in [0.1, 0.15) is 158 Å². The van der Waals surface area contributed by atoms with Crippen LogP contribution in [0.25, 0.3) is 0 Å². The van der Waals surface area contributed by atoms with E-state index in [2.05, 4.69) is 55.4 Å². The quantitative estimate of drug-likeness (QED) is 0.0606. The predicted octanol–water partition coefficient (Wildman–Crippen LogP) is 10.1. The van der Waals surface area contributed by atoms with Gasteiger partial charge in [0.2, 0.25) is 0 Å². The van der Waals surface area contributed by atoms with Gasteiger partial charge in [-0.15, -0.1) is 0 Å². The van der Waals surface area contributed by atoms with Gasteiger partial charge in [-0.2, -0.15) is 0 Å². The summed E-state index contributed by atoms with van der Waals surface area (Å²) in [6.07, 6.45) is 18.6. The van der Waals surface area contributed by atoms with Gasteiger partial charge in [0.05, 0.1) is 43.6 Å². The molecule has 6 nitrogen and oxygen atoms in total. The third kappa shape index (κ3) is 31.0. The minimum Gasteiger partial charge on any atom is -0.786 e. The normalized spacial score (nSPS) is 15.7. The van der Waals surface area contributed by atoms with Crippen LogP contribution in [0.3, 0.4) is 0 Å². The first-order valence-corrected chi connectivity index (χ1v) is 19.0. The molecule has 0 heterocycles. The van der Waals surface area contributed by atoms with Gasteiger partial charge in [-0.05, 0) is 49.4 Å². The van der Waals surface area contributed by atoms with Crippen LogP contribution in [0, 0.1) is 23.7 Å². The summed E-state index contributed by atoms with van der Waals surface area (Å²) < 4.78 is 21.5. The molecule has 0 saturated carbocycles. The molecule has 0 bridgehead atoms. The molecule has 0 spiro atoms. The van der Waals surface area contributed by atoms with Crippen molar-refractivity contribution in [2.24, 2.45) is 23.7 Å². The second-order valence-electron chi connectivity index (χ2n) is 11.3. The smallest absolute Gasteiger partial charge is 0.786 e. The van der Waals surface area contributed by atoms with Gasteiger partial charge in [-0.1, -0.05) is 132 Å². The molecule has 0 N–H and O–H groups in total. The van der Waals surface area contributed by atoms with E-state index in [1.807, 2.05) is 0 Å². The first-order chi connectivity index (χ1) is 19.3. The zero-order valence-electron chi connectivity index (χ0n) is 28.5. The van der Waals surface area contributed by atoms with Gasteiger partial charge in [0.25, 0.3) is 0 Å². The first kappa shape index (κ1) is 46.7. The molecule has 9 heteroatoms. The molecule has 0 fully saturated rings. The van der Waals surface area contributed by atoms with E-state index in [1.165, 1.54) is 51.4 Å². The van der Waals surface area contributed by atoms with Crippen molar-refractivity contribution in [3.63, 3.8) is 0 Å². The van der Waals surface area contributed by atoms with Gasteiger partial charge in [-0.25, -0.2) is 0 Å². The summed E-state index contributed by atoms with van der Waals surface area (Å²) >= 11 is 0. The van der Waals surface area contributed by atoms with E-state index in [0.29, 0.717) is 50.1 Å². The molecule has 0 aliphatic carbocycles. The molecule has 0 radical (unpaired) electrons. The molecule has 0 amide bonds. The maximum absolute atomic E-state index is 11.7. The molecule has 4 unspecified atom stereocenters. The molecular formula is C32H68O6P2Zn. The van der Waals surface area contributed by atoms with Gasteiger partial charge >= 0.3 is 19.5 Å². The molecule has 0 saturated heterocycles. The molecule has 244 valence electrons. The van der Waals surface area contributed by atoms with E-state index in [0.717, 1.165) is 51.4 Å². The summed E-state index contributed by atoms with van der Waals surface area (Å²) in [5.41, 5.74) is 0. The van der Waals surface area contributed by atoms with Crippen molar-refractivity contribution in [2.75, 3.05) is 26.4 Å². The van der Waals surface area contributed by atoms with Crippen molar-refractivity contribution < 1.29 is 47.4 Å². The average Bonchev–Trinajstić information content (AvgIpc) is 2.97. The minimum atomic E-state index is -1.94. The number of rotatable bonds is 28. The Morgan fingerprint density at radius 2 is 0.610 bits per heavy atom. The Hall–Kier alpha value is 1.24. The minimum absolute atomic E-state index is 0. The molecular weight excluding hydrogens is 608 g/mol. The van der Waals surface area contributed by atoms with Gasteiger partial charge in [0.15, 0.2) is 0 Å². The fraction of sp³-hybridized carbons (Fsp3) is 1.00. The number of hydrogen-bond donors (Lipinski definition) is 0. The Balaban J connectivity index is -0.000000688. The Labute approximate surface area is 272 Å². The fourth-order valence-corrected chi connectivity index (χ4v) is 5.81. The van der Waals surface area contributed by atoms with E-state index in [-0.39, 0.29) is 19.5 Å². The standard InChI is InChI=1S/2C16H34O3P.Zn/c2*1-5-9-11-15(7-3)13-18-20(17)19-14-16(8-4)12-10-6-2;/h2*15-16H,5-14H2,1-4H3;/q2*-1;+2. The molecule has 41 heavy (non-hydrogen) atoms. The first-order valence-electron chi connectivity index (χ1n) is 16.8. The summed E-state index contributed by atoms with van der Waals surface area (Å²) in [5.74, 6) is 2.05. The molecule has 4 atom stereocenters. The van der Waals surface area contributed by atoms with Crippen LogP contribution in [0.4, 0.5) is 0 Å². The molecule has 0 aromatic rings. The second-order valence-corrected chi connectivity index (χ2v) is 13.2. The summed E-state index contributed by atoms with van der Waals surface area (Å²) in [4.78, 5) is 23.5. The van der Waals surface area contributed by atoms with E-state index in [4.69, 9.17) is 18.1 Å².